The Morgan fingerprint density at radius 3 is 2.68 bits per heavy atom. The molecule has 1 fully saturated rings. The van der Waals surface area contributed by atoms with Gasteiger partial charge in [-0.3, -0.25) is 4.79 Å². The fraction of sp³-hybridized carbons (Fsp3) is 0.588. The molecular formula is C17H24FNO3. The predicted octanol–water partition coefficient (Wildman–Crippen LogP) is 2.60. The summed E-state index contributed by atoms with van der Waals surface area (Å²) in [5.74, 6) is -0.117. The van der Waals surface area contributed by atoms with E-state index in [9.17, 15) is 14.3 Å². The van der Waals surface area contributed by atoms with Gasteiger partial charge in [0, 0.05) is 25.8 Å². The lowest BCUT2D eigenvalue weighted by Crippen LogP contribution is -2.48. The lowest BCUT2D eigenvalue weighted by atomic mass is 9.77. The van der Waals surface area contributed by atoms with E-state index in [1.807, 2.05) is 0 Å². The van der Waals surface area contributed by atoms with Gasteiger partial charge in [-0.2, -0.15) is 0 Å². The number of ether oxygens (including phenoxy) is 1. The van der Waals surface area contributed by atoms with Gasteiger partial charge in [-0.1, -0.05) is 13.0 Å². The first-order valence-electron chi connectivity index (χ1n) is 7.81. The van der Waals surface area contributed by atoms with E-state index >= 15 is 0 Å². The van der Waals surface area contributed by atoms with Crippen molar-refractivity contribution in [2.45, 2.75) is 39.2 Å². The molecule has 1 amide bonds. The Morgan fingerprint density at radius 2 is 2.14 bits per heavy atom. The van der Waals surface area contributed by atoms with Crippen molar-refractivity contribution in [1.29, 1.82) is 0 Å². The number of aliphatic hydroxyl groups is 1. The molecule has 0 radical (unpaired) electrons. The number of hydrogen-bond donors (Lipinski definition) is 1. The highest BCUT2D eigenvalue weighted by molar-refractivity contribution is 5.81. The van der Waals surface area contributed by atoms with Gasteiger partial charge in [-0.05, 0) is 43.7 Å². The maximum atomic E-state index is 13.1. The molecule has 0 saturated carbocycles. The predicted molar refractivity (Wildman–Crippen MR) is 82.1 cm³/mol. The number of nitrogens with zero attached hydrogens (tertiary/aromatic N) is 1. The van der Waals surface area contributed by atoms with Gasteiger partial charge in [0.25, 0.3) is 5.91 Å². The van der Waals surface area contributed by atoms with Crippen molar-refractivity contribution in [3.05, 3.63) is 30.1 Å². The van der Waals surface area contributed by atoms with Gasteiger partial charge in [0.1, 0.15) is 11.6 Å². The van der Waals surface area contributed by atoms with Crippen LogP contribution < -0.4 is 4.74 Å². The van der Waals surface area contributed by atoms with Gasteiger partial charge in [0.15, 0.2) is 6.10 Å². The standard InChI is InChI=1S/C17H24FNO3/c1-3-17(12-20)7-9-19(10-8-17)16(21)13(2)22-15-6-4-5-14(18)11-15/h4-6,11,13,20H,3,7-10,12H2,1-2H3. The molecule has 0 aromatic heterocycles. The van der Waals surface area contributed by atoms with Crippen LogP contribution in [0, 0.1) is 11.2 Å². The van der Waals surface area contributed by atoms with Crippen LogP contribution in [0.1, 0.15) is 33.1 Å². The van der Waals surface area contributed by atoms with Crippen molar-refractivity contribution < 1.29 is 19.0 Å². The average molecular weight is 309 g/mol. The Balaban J connectivity index is 1.92. The summed E-state index contributed by atoms with van der Waals surface area (Å²) in [5, 5.41) is 9.53. The summed E-state index contributed by atoms with van der Waals surface area (Å²) in [5.41, 5.74) is -0.0521. The number of carbonyl (C=O) groups is 1. The SMILES string of the molecule is CCC1(CO)CCN(C(=O)C(C)Oc2cccc(F)c2)CC1. The maximum absolute atomic E-state index is 13.1. The molecule has 1 heterocycles. The minimum atomic E-state index is -0.648. The molecule has 5 heteroatoms. The zero-order chi connectivity index (χ0) is 16.2. The quantitative estimate of drug-likeness (QED) is 0.909. The number of amides is 1. The molecule has 1 atom stereocenters. The highest BCUT2D eigenvalue weighted by Gasteiger charge is 2.35. The molecule has 4 nitrogen and oxygen atoms in total. The van der Waals surface area contributed by atoms with E-state index in [2.05, 4.69) is 6.92 Å². The summed E-state index contributed by atoms with van der Waals surface area (Å²) in [6.45, 7) is 5.18. The second kappa shape index (κ2) is 7.09. The van der Waals surface area contributed by atoms with Crippen LogP contribution >= 0.6 is 0 Å². The number of benzene rings is 1. The first kappa shape index (κ1) is 16.7. The minimum Gasteiger partial charge on any atom is -0.481 e. The number of carbonyl (C=O) groups excluding carboxylic acids is 1. The molecular weight excluding hydrogens is 285 g/mol. The van der Waals surface area contributed by atoms with E-state index in [1.54, 1.807) is 24.0 Å². The van der Waals surface area contributed by atoms with E-state index in [0.717, 1.165) is 19.3 Å². The van der Waals surface area contributed by atoms with Crippen LogP contribution in [0.2, 0.25) is 0 Å². The third-order valence-corrected chi connectivity index (χ3v) is 4.68. The van der Waals surface area contributed by atoms with Crippen LogP contribution in [-0.2, 0) is 4.79 Å². The van der Waals surface area contributed by atoms with E-state index in [0.29, 0.717) is 18.8 Å². The molecule has 1 aliphatic rings. The summed E-state index contributed by atoms with van der Waals surface area (Å²) < 4.78 is 18.7. The Bertz CT molecular complexity index is 506. The molecule has 1 unspecified atom stereocenters. The molecule has 0 spiro atoms. The highest BCUT2D eigenvalue weighted by Crippen LogP contribution is 2.34. The molecule has 1 aliphatic heterocycles. The van der Waals surface area contributed by atoms with E-state index < -0.39 is 6.10 Å². The number of aliphatic hydroxyl groups excluding tert-OH is 1. The zero-order valence-electron chi connectivity index (χ0n) is 13.2. The second-order valence-electron chi connectivity index (χ2n) is 6.05. The summed E-state index contributed by atoms with van der Waals surface area (Å²) in [7, 11) is 0. The smallest absolute Gasteiger partial charge is 0.263 e. The van der Waals surface area contributed by atoms with Gasteiger partial charge >= 0.3 is 0 Å². The van der Waals surface area contributed by atoms with Gasteiger partial charge in [-0.15, -0.1) is 0 Å². The Labute approximate surface area is 130 Å². The maximum Gasteiger partial charge on any atom is 0.263 e. The van der Waals surface area contributed by atoms with Crippen molar-refractivity contribution in [1.82, 2.24) is 4.90 Å². The van der Waals surface area contributed by atoms with Crippen LogP contribution in [0.5, 0.6) is 5.75 Å². The van der Waals surface area contributed by atoms with Gasteiger partial charge in [0.2, 0.25) is 0 Å². The van der Waals surface area contributed by atoms with Crippen molar-refractivity contribution in [3.8, 4) is 5.75 Å². The molecule has 1 N–H and O–H groups in total. The zero-order valence-corrected chi connectivity index (χ0v) is 13.2. The monoisotopic (exact) mass is 309 g/mol. The van der Waals surface area contributed by atoms with Gasteiger partial charge in [0.05, 0.1) is 0 Å². The summed E-state index contributed by atoms with van der Waals surface area (Å²) in [6.07, 6.45) is 1.88. The molecule has 1 saturated heterocycles. The molecule has 2 rings (SSSR count). The third kappa shape index (κ3) is 3.77. The molecule has 22 heavy (non-hydrogen) atoms. The molecule has 1 aromatic carbocycles. The molecule has 0 bridgehead atoms. The van der Waals surface area contributed by atoms with Crippen molar-refractivity contribution in [2.75, 3.05) is 19.7 Å². The number of piperidine rings is 1. The van der Waals surface area contributed by atoms with Crippen LogP contribution in [0.15, 0.2) is 24.3 Å². The number of hydrogen-bond acceptors (Lipinski definition) is 3. The van der Waals surface area contributed by atoms with Crippen LogP contribution in [-0.4, -0.2) is 41.7 Å². The van der Waals surface area contributed by atoms with E-state index in [-0.39, 0.29) is 23.7 Å². The van der Waals surface area contributed by atoms with Crippen LogP contribution in [0.4, 0.5) is 4.39 Å². The fourth-order valence-corrected chi connectivity index (χ4v) is 2.88. The largest absolute Gasteiger partial charge is 0.481 e. The summed E-state index contributed by atoms with van der Waals surface area (Å²) in [4.78, 5) is 14.2. The van der Waals surface area contributed by atoms with Crippen molar-refractivity contribution in [2.24, 2.45) is 5.41 Å². The Morgan fingerprint density at radius 1 is 1.45 bits per heavy atom. The average Bonchev–Trinajstić information content (AvgIpc) is 2.54. The number of halogens is 1. The molecule has 0 aliphatic carbocycles. The minimum absolute atomic E-state index is 0.0521. The number of rotatable bonds is 5. The molecule has 122 valence electrons. The van der Waals surface area contributed by atoms with Gasteiger partial charge in [-0.25, -0.2) is 4.39 Å². The molecule has 1 aromatic rings. The fourth-order valence-electron chi connectivity index (χ4n) is 2.88. The highest BCUT2D eigenvalue weighted by atomic mass is 19.1. The normalized spacial score (nSPS) is 18.8. The summed E-state index contributed by atoms with van der Waals surface area (Å²) in [6, 6.07) is 5.80. The third-order valence-electron chi connectivity index (χ3n) is 4.68. The van der Waals surface area contributed by atoms with Crippen molar-refractivity contribution >= 4 is 5.91 Å². The van der Waals surface area contributed by atoms with Crippen LogP contribution in [0.3, 0.4) is 0 Å². The Hall–Kier alpha value is -1.62. The van der Waals surface area contributed by atoms with E-state index in [1.165, 1.54) is 12.1 Å². The topological polar surface area (TPSA) is 49.8 Å². The van der Waals surface area contributed by atoms with Crippen molar-refractivity contribution in [3.63, 3.8) is 0 Å². The summed E-state index contributed by atoms with van der Waals surface area (Å²) >= 11 is 0. The first-order valence-corrected chi connectivity index (χ1v) is 7.81. The lowest BCUT2D eigenvalue weighted by molar-refractivity contribution is -0.140. The first-order chi connectivity index (χ1) is 10.5. The Kier molecular flexibility index (Phi) is 5.40. The van der Waals surface area contributed by atoms with Gasteiger partial charge < -0.3 is 14.7 Å². The van der Waals surface area contributed by atoms with Crippen LogP contribution in [0.25, 0.3) is 0 Å². The second-order valence-corrected chi connectivity index (χ2v) is 6.05. The lowest BCUT2D eigenvalue weighted by Gasteiger charge is -2.40. The number of likely N-dealkylation sites (tertiary alicyclic amines) is 1. The van der Waals surface area contributed by atoms with E-state index in [4.69, 9.17) is 4.74 Å².